The summed E-state index contributed by atoms with van der Waals surface area (Å²) < 4.78 is 0.870. The summed E-state index contributed by atoms with van der Waals surface area (Å²) in [5.74, 6) is -1.07. The molecule has 0 atom stereocenters. The van der Waals surface area contributed by atoms with Crippen molar-refractivity contribution >= 4 is 29.1 Å². The zero-order valence-electron chi connectivity index (χ0n) is 8.25. The standard InChI is InChI=1S/C9H7N3O2S2/c1-5-4-15-9(10-5)16-7-3-2-6(8(13)14)11-12-7/h2-4H,1H3,(H,13,14). The third-order valence-corrected chi connectivity index (χ3v) is 3.63. The Balaban J connectivity index is 2.14. The average molecular weight is 253 g/mol. The van der Waals surface area contributed by atoms with Crippen LogP contribution >= 0.6 is 23.1 Å². The first kappa shape index (κ1) is 11.0. The molecule has 0 aliphatic rings. The molecular weight excluding hydrogens is 246 g/mol. The smallest absolute Gasteiger partial charge is 0.356 e. The third kappa shape index (κ3) is 2.56. The van der Waals surface area contributed by atoms with Crippen LogP contribution < -0.4 is 0 Å². The highest BCUT2D eigenvalue weighted by atomic mass is 32.2. The maximum absolute atomic E-state index is 10.6. The molecule has 0 aliphatic heterocycles. The van der Waals surface area contributed by atoms with Crippen molar-refractivity contribution in [3.8, 4) is 0 Å². The SMILES string of the molecule is Cc1csc(Sc2ccc(C(=O)O)nn2)n1. The van der Waals surface area contributed by atoms with Gasteiger partial charge < -0.3 is 5.11 Å². The molecule has 0 fully saturated rings. The lowest BCUT2D eigenvalue weighted by Gasteiger charge is -1.96. The Morgan fingerprint density at radius 1 is 1.44 bits per heavy atom. The molecule has 0 aromatic carbocycles. The lowest BCUT2D eigenvalue weighted by atomic mass is 10.4. The maximum Gasteiger partial charge on any atom is 0.356 e. The monoisotopic (exact) mass is 253 g/mol. The van der Waals surface area contributed by atoms with E-state index in [4.69, 9.17) is 5.11 Å². The second-order valence-electron chi connectivity index (χ2n) is 2.92. The molecule has 5 nitrogen and oxygen atoms in total. The minimum atomic E-state index is -1.07. The molecule has 2 heterocycles. The fourth-order valence-electron chi connectivity index (χ4n) is 0.957. The molecule has 82 valence electrons. The fraction of sp³-hybridized carbons (Fsp3) is 0.111. The van der Waals surface area contributed by atoms with Crippen LogP contribution in [0.1, 0.15) is 16.2 Å². The van der Waals surface area contributed by atoms with E-state index in [1.54, 1.807) is 6.07 Å². The topological polar surface area (TPSA) is 76.0 Å². The van der Waals surface area contributed by atoms with Crippen LogP contribution in [0.5, 0.6) is 0 Å². The van der Waals surface area contributed by atoms with E-state index in [1.165, 1.54) is 29.2 Å². The number of carboxylic acid groups (broad SMARTS) is 1. The van der Waals surface area contributed by atoms with Crippen LogP contribution in [0.25, 0.3) is 0 Å². The van der Waals surface area contributed by atoms with Crippen LogP contribution in [-0.2, 0) is 0 Å². The Bertz CT molecular complexity index is 510. The molecule has 0 saturated heterocycles. The molecule has 0 spiro atoms. The molecule has 0 bridgehead atoms. The summed E-state index contributed by atoms with van der Waals surface area (Å²) in [6.07, 6.45) is 0. The number of hydrogen-bond acceptors (Lipinski definition) is 6. The van der Waals surface area contributed by atoms with Crippen molar-refractivity contribution in [1.29, 1.82) is 0 Å². The van der Waals surface area contributed by atoms with Crippen molar-refractivity contribution < 1.29 is 9.90 Å². The molecule has 2 aromatic rings. The molecule has 0 saturated carbocycles. The van der Waals surface area contributed by atoms with Gasteiger partial charge in [-0.15, -0.1) is 21.5 Å². The highest BCUT2D eigenvalue weighted by Crippen LogP contribution is 2.28. The van der Waals surface area contributed by atoms with Gasteiger partial charge in [-0.2, -0.15) is 0 Å². The van der Waals surface area contributed by atoms with Crippen molar-refractivity contribution in [2.24, 2.45) is 0 Å². The van der Waals surface area contributed by atoms with Crippen molar-refractivity contribution in [3.05, 3.63) is 28.9 Å². The second-order valence-corrected chi connectivity index (χ2v) is 5.04. The largest absolute Gasteiger partial charge is 0.476 e. The van der Waals surface area contributed by atoms with Crippen LogP contribution in [0.15, 0.2) is 26.9 Å². The molecule has 2 rings (SSSR count). The van der Waals surface area contributed by atoms with Gasteiger partial charge in [0.2, 0.25) is 0 Å². The highest BCUT2D eigenvalue weighted by Gasteiger charge is 2.07. The van der Waals surface area contributed by atoms with E-state index < -0.39 is 5.97 Å². The number of aryl methyl sites for hydroxylation is 1. The van der Waals surface area contributed by atoms with E-state index in [1.807, 2.05) is 12.3 Å². The van der Waals surface area contributed by atoms with Gasteiger partial charge in [0.25, 0.3) is 0 Å². The quantitative estimate of drug-likeness (QED) is 0.902. The summed E-state index contributed by atoms with van der Waals surface area (Å²) in [6.45, 7) is 1.92. The summed E-state index contributed by atoms with van der Waals surface area (Å²) in [4.78, 5) is 14.8. The van der Waals surface area contributed by atoms with Crippen LogP contribution in [0.4, 0.5) is 0 Å². The first-order valence-electron chi connectivity index (χ1n) is 4.32. The van der Waals surface area contributed by atoms with Gasteiger partial charge in [0.1, 0.15) is 5.03 Å². The van der Waals surface area contributed by atoms with E-state index in [9.17, 15) is 4.79 Å². The average Bonchev–Trinajstić information content (AvgIpc) is 2.65. The number of aromatic carboxylic acids is 1. The van der Waals surface area contributed by atoms with Gasteiger partial charge in [0, 0.05) is 11.1 Å². The minimum Gasteiger partial charge on any atom is -0.476 e. The van der Waals surface area contributed by atoms with Crippen LogP contribution in [0.2, 0.25) is 0 Å². The van der Waals surface area contributed by atoms with Crippen LogP contribution in [-0.4, -0.2) is 26.3 Å². The van der Waals surface area contributed by atoms with Gasteiger partial charge in [-0.05, 0) is 30.8 Å². The van der Waals surface area contributed by atoms with Gasteiger partial charge in [-0.25, -0.2) is 9.78 Å². The molecule has 1 N–H and O–H groups in total. The predicted molar refractivity (Wildman–Crippen MR) is 60.0 cm³/mol. The Hall–Kier alpha value is -1.47. The van der Waals surface area contributed by atoms with Crippen molar-refractivity contribution in [2.75, 3.05) is 0 Å². The predicted octanol–water partition coefficient (Wildman–Crippen LogP) is 2.09. The summed E-state index contributed by atoms with van der Waals surface area (Å²) in [6, 6.07) is 3.05. The lowest BCUT2D eigenvalue weighted by Crippen LogP contribution is -2.01. The van der Waals surface area contributed by atoms with Gasteiger partial charge in [0.15, 0.2) is 10.0 Å². The van der Waals surface area contributed by atoms with Gasteiger partial charge in [-0.1, -0.05) is 0 Å². The first-order chi connectivity index (χ1) is 7.65. The van der Waals surface area contributed by atoms with E-state index in [2.05, 4.69) is 15.2 Å². The van der Waals surface area contributed by atoms with Crippen molar-refractivity contribution in [3.63, 3.8) is 0 Å². The number of rotatable bonds is 3. The zero-order valence-corrected chi connectivity index (χ0v) is 9.88. The number of carbonyl (C=O) groups is 1. The summed E-state index contributed by atoms with van der Waals surface area (Å²) in [5.41, 5.74) is 0.905. The number of nitrogens with zero attached hydrogens (tertiary/aromatic N) is 3. The van der Waals surface area contributed by atoms with Crippen LogP contribution in [0.3, 0.4) is 0 Å². The molecule has 7 heteroatoms. The maximum atomic E-state index is 10.6. The molecule has 0 aliphatic carbocycles. The first-order valence-corrected chi connectivity index (χ1v) is 6.02. The van der Waals surface area contributed by atoms with Gasteiger partial charge in [-0.3, -0.25) is 0 Å². The number of hydrogen-bond donors (Lipinski definition) is 1. The highest BCUT2D eigenvalue weighted by molar-refractivity contribution is 8.00. The fourth-order valence-corrected chi connectivity index (χ4v) is 2.66. The third-order valence-electron chi connectivity index (χ3n) is 1.65. The Labute approximate surface area is 99.6 Å². The van der Waals surface area contributed by atoms with E-state index in [0.29, 0.717) is 5.03 Å². The Morgan fingerprint density at radius 3 is 2.75 bits per heavy atom. The van der Waals surface area contributed by atoms with E-state index in [-0.39, 0.29) is 5.69 Å². The lowest BCUT2D eigenvalue weighted by molar-refractivity contribution is 0.0689. The molecule has 0 unspecified atom stereocenters. The van der Waals surface area contributed by atoms with Crippen molar-refractivity contribution in [2.45, 2.75) is 16.3 Å². The van der Waals surface area contributed by atoms with Crippen molar-refractivity contribution in [1.82, 2.24) is 15.2 Å². The molecule has 16 heavy (non-hydrogen) atoms. The summed E-state index contributed by atoms with van der Waals surface area (Å²) in [5, 5.41) is 18.6. The molecule has 0 radical (unpaired) electrons. The summed E-state index contributed by atoms with van der Waals surface area (Å²) >= 11 is 2.89. The minimum absolute atomic E-state index is 0.0559. The summed E-state index contributed by atoms with van der Waals surface area (Å²) in [7, 11) is 0. The molecular formula is C9H7N3O2S2. The second kappa shape index (κ2) is 4.58. The van der Waals surface area contributed by atoms with Gasteiger partial charge in [0.05, 0.1) is 0 Å². The van der Waals surface area contributed by atoms with E-state index in [0.717, 1.165) is 10.0 Å². The Kier molecular flexibility index (Phi) is 3.16. The number of aromatic nitrogens is 3. The number of carboxylic acids is 1. The van der Waals surface area contributed by atoms with E-state index >= 15 is 0 Å². The Morgan fingerprint density at radius 2 is 2.25 bits per heavy atom. The number of thiazole rings is 1. The zero-order chi connectivity index (χ0) is 11.5. The molecule has 2 aromatic heterocycles. The molecule has 0 amide bonds. The normalized spacial score (nSPS) is 10.3. The van der Waals surface area contributed by atoms with Crippen LogP contribution in [0, 0.1) is 6.92 Å². The van der Waals surface area contributed by atoms with Gasteiger partial charge >= 0.3 is 5.97 Å².